The fourth-order valence-electron chi connectivity index (χ4n) is 1.55. The van der Waals surface area contributed by atoms with E-state index in [1.807, 2.05) is 6.21 Å². The van der Waals surface area contributed by atoms with Crippen molar-refractivity contribution in [2.45, 2.75) is 19.9 Å². The van der Waals surface area contributed by atoms with E-state index in [1.54, 1.807) is 18.2 Å². The van der Waals surface area contributed by atoms with Crippen LogP contribution in [0.1, 0.15) is 19.4 Å². The number of nitrogens with one attached hydrogen (secondary N) is 2. The molecule has 1 aromatic rings. The summed E-state index contributed by atoms with van der Waals surface area (Å²) in [4.78, 5) is 3.16. The SMILES string of the molecule is CCN[C@@H](C)C[NH+]=C/C=C(\N)c1ccc(F)cc1. The third-order valence-electron chi connectivity index (χ3n) is 2.53. The Morgan fingerprint density at radius 3 is 2.72 bits per heavy atom. The Bertz CT molecular complexity index is 410. The van der Waals surface area contributed by atoms with E-state index in [2.05, 4.69) is 24.2 Å². The standard InChI is InChI=1S/C14H20FN3/c1-3-18-11(2)10-17-9-8-14(16)12-4-6-13(15)7-5-12/h4-9,11,18H,3,10,16H2,1-2H3/p+1/b14-8-,17-9?/t11-/m0/s1. The Balaban J connectivity index is 2.51. The van der Waals surface area contributed by atoms with Crippen molar-refractivity contribution in [3.63, 3.8) is 0 Å². The van der Waals surface area contributed by atoms with Crippen LogP contribution >= 0.6 is 0 Å². The van der Waals surface area contributed by atoms with Crippen LogP contribution in [-0.4, -0.2) is 25.3 Å². The van der Waals surface area contributed by atoms with Crippen LogP contribution in [0.5, 0.6) is 0 Å². The molecule has 1 aromatic carbocycles. The second-order valence-electron chi connectivity index (χ2n) is 4.16. The maximum Gasteiger partial charge on any atom is 0.163 e. The zero-order valence-electron chi connectivity index (χ0n) is 10.9. The van der Waals surface area contributed by atoms with E-state index in [0.717, 1.165) is 18.7 Å². The first-order chi connectivity index (χ1) is 8.63. The Kier molecular flexibility index (Phi) is 6.08. The highest BCUT2D eigenvalue weighted by molar-refractivity contribution is 5.80. The molecule has 0 heterocycles. The number of nitrogens with two attached hydrogens (primary N) is 1. The molecule has 4 N–H and O–H groups in total. The van der Waals surface area contributed by atoms with Gasteiger partial charge in [-0.1, -0.05) is 19.1 Å². The molecular formula is C14H21FN3+. The lowest BCUT2D eigenvalue weighted by Crippen LogP contribution is -2.73. The van der Waals surface area contributed by atoms with Crippen molar-refractivity contribution in [3.8, 4) is 0 Å². The number of benzene rings is 1. The number of likely N-dealkylation sites (N-methyl/N-ethyl adjacent to an activating group) is 1. The van der Waals surface area contributed by atoms with E-state index in [-0.39, 0.29) is 5.82 Å². The summed E-state index contributed by atoms with van der Waals surface area (Å²) < 4.78 is 12.7. The van der Waals surface area contributed by atoms with E-state index in [0.29, 0.717) is 11.7 Å². The van der Waals surface area contributed by atoms with Crippen LogP contribution in [0.3, 0.4) is 0 Å². The number of hydrogen-bond acceptors (Lipinski definition) is 2. The predicted octanol–water partition coefficient (Wildman–Crippen LogP) is 0.275. The van der Waals surface area contributed by atoms with E-state index in [1.165, 1.54) is 12.1 Å². The summed E-state index contributed by atoms with van der Waals surface area (Å²) in [6.07, 6.45) is 3.60. The second-order valence-corrected chi connectivity index (χ2v) is 4.16. The molecule has 0 radical (unpaired) electrons. The molecule has 4 heteroatoms. The van der Waals surface area contributed by atoms with Crippen LogP contribution < -0.4 is 16.0 Å². The quantitative estimate of drug-likeness (QED) is 0.635. The highest BCUT2D eigenvalue weighted by Gasteiger charge is 2.00. The molecule has 1 atom stereocenters. The average Bonchev–Trinajstić information content (AvgIpc) is 2.35. The van der Waals surface area contributed by atoms with E-state index in [9.17, 15) is 4.39 Å². The van der Waals surface area contributed by atoms with Crippen molar-refractivity contribution in [2.75, 3.05) is 13.1 Å². The summed E-state index contributed by atoms with van der Waals surface area (Å²) in [5.41, 5.74) is 7.30. The average molecular weight is 250 g/mol. The Hall–Kier alpha value is -1.68. The fraction of sp³-hybridized carbons (Fsp3) is 0.357. The minimum absolute atomic E-state index is 0.256. The van der Waals surface area contributed by atoms with Crippen LogP contribution in [0.15, 0.2) is 30.3 Å². The fourth-order valence-corrected chi connectivity index (χ4v) is 1.55. The molecule has 0 aliphatic rings. The molecule has 0 saturated heterocycles. The van der Waals surface area contributed by atoms with Gasteiger partial charge in [-0.05, 0) is 31.2 Å². The van der Waals surface area contributed by atoms with Crippen molar-refractivity contribution in [2.24, 2.45) is 5.73 Å². The molecule has 98 valence electrons. The van der Waals surface area contributed by atoms with E-state index in [4.69, 9.17) is 5.73 Å². The van der Waals surface area contributed by atoms with Crippen LogP contribution in [0.2, 0.25) is 0 Å². The molecule has 0 saturated carbocycles. The molecule has 0 aromatic heterocycles. The number of rotatable bonds is 6. The van der Waals surface area contributed by atoms with Crippen LogP contribution in [0, 0.1) is 5.82 Å². The van der Waals surface area contributed by atoms with E-state index < -0.39 is 0 Å². The lowest BCUT2D eigenvalue weighted by Gasteiger charge is -2.04. The molecule has 0 aliphatic carbocycles. The van der Waals surface area contributed by atoms with Gasteiger partial charge in [0.1, 0.15) is 5.82 Å². The lowest BCUT2D eigenvalue weighted by molar-refractivity contribution is -0.454. The minimum Gasteiger partial charge on any atom is -0.398 e. The topological polar surface area (TPSA) is 52.0 Å². The summed E-state index contributed by atoms with van der Waals surface area (Å²) >= 11 is 0. The van der Waals surface area contributed by atoms with Gasteiger partial charge in [0.05, 0.1) is 6.04 Å². The largest absolute Gasteiger partial charge is 0.398 e. The van der Waals surface area contributed by atoms with Gasteiger partial charge < -0.3 is 11.1 Å². The Labute approximate surface area is 108 Å². The molecule has 0 amide bonds. The first-order valence-corrected chi connectivity index (χ1v) is 6.15. The highest BCUT2D eigenvalue weighted by atomic mass is 19.1. The second kappa shape index (κ2) is 7.61. The summed E-state index contributed by atoms with van der Waals surface area (Å²) in [5.74, 6) is -0.256. The zero-order valence-corrected chi connectivity index (χ0v) is 10.9. The molecule has 0 aliphatic heterocycles. The predicted molar refractivity (Wildman–Crippen MR) is 73.6 cm³/mol. The van der Waals surface area contributed by atoms with Crippen molar-refractivity contribution in [3.05, 3.63) is 41.7 Å². The molecule has 0 spiro atoms. The first kappa shape index (κ1) is 14.4. The van der Waals surface area contributed by atoms with Crippen molar-refractivity contribution in [1.29, 1.82) is 0 Å². The monoisotopic (exact) mass is 250 g/mol. The molecule has 0 unspecified atom stereocenters. The van der Waals surface area contributed by atoms with Gasteiger partial charge in [0.15, 0.2) is 12.8 Å². The van der Waals surface area contributed by atoms with Crippen LogP contribution in [-0.2, 0) is 0 Å². The van der Waals surface area contributed by atoms with Crippen molar-refractivity contribution >= 4 is 11.9 Å². The van der Waals surface area contributed by atoms with Gasteiger partial charge in [-0.25, -0.2) is 9.38 Å². The van der Waals surface area contributed by atoms with Crippen molar-refractivity contribution < 1.29 is 9.38 Å². The third kappa shape index (κ3) is 5.10. The first-order valence-electron chi connectivity index (χ1n) is 6.15. The zero-order chi connectivity index (χ0) is 13.4. The number of halogens is 1. The minimum atomic E-state index is -0.256. The van der Waals surface area contributed by atoms with Gasteiger partial charge in [0, 0.05) is 11.8 Å². The molecule has 1 rings (SSSR count). The Morgan fingerprint density at radius 1 is 1.44 bits per heavy atom. The molecule has 18 heavy (non-hydrogen) atoms. The maximum absolute atomic E-state index is 12.7. The lowest BCUT2D eigenvalue weighted by atomic mass is 10.1. The van der Waals surface area contributed by atoms with Gasteiger partial charge >= 0.3 is 0 Å². The normalized spacial score (nSPS) is 14.1. The molecule has 0 fully saturated rings. The number of hydrogen-bond donors (Lipinski definition) is 3. The Morgan fingerprint density at radius 2 is 2.11 bits per heavy atom. The van der Waals surface area contributed by atoms with Gasteiger partial charge in [-0.2, -0.15) is 0 Å². The summed E-state index contributed by atoms with van der Waals surface area (Å²) in [7, 11) is 0. The smallest absolute Gasteiger partial charge is 0.163 e. The van der Waals surface area contributed by atoms with Crippen molar-refractivity contribution in [1.82, 2.24) is 5.32 Å². The maximum atomic E-state index is 12.7. The highest BCUT2D eigenvalue weighted by Crippen LogP contribution is 2.08. The number of allylic oxidation sites excluding steroid dienone is 1. The molecule has 0 bridgehead atoms. The molecule has 3 nitrogen and oxygen atoms in total. The summed E-state index contributed by atoms with van der Waals surface area (Å²) in [6, 6.07) is 6.53. The van der Waals surface area contributed by atoms with Gasteiger partial charge in [0.25, 0.3) is 0 Å². The summed E-state index contributed by atoms with van der Waals surface area (Å²) in [6.45, 7) is 5.97. The van der Waals surface area contributed by atoms with Crippen LogP contribution in [0.25, 0.3) is 5.70 Å². The van der Waals surface area contributed by atoms with Gasteiger partial charge in [-0.15, -0.1) is 0 Å². The summed E-state index contributed by atoms with van der Waals surface area (Å²) in [5, 5.41) is 3.30. The molecular weight excluding hydrogens is 229 g/mol. The van der Waals surface area contributed by atoms with Gasteiger partial charge in [-0.3, -0.25) is 0 Å². The van der Waals surface area contributed by atoms with E-state index >= 15 is 0 Å². The third-order valence-corrected chi connectivity index (χ3v) is 2.53. The van der Waals surface area contributed by atoms with Gasteiger partial charge in [0.2, 0.25) is 0 Å². The van der Waals surface area contributed by atoms with Crippen LogP contribution in [0.4, 0.5) is 4.39 Å².